The van der Waals surface area contributed by atoms with E-state index in [0.29, 0.717) is 0 Å². The van der Waals surface area contributed by atoms with Gasteiger partial charge in [-0.15, -0.1) is 10.2 Å². The van der Waals surface area contributed by atoms with E-state index < -0.39 is 0 Å². The highest BCUT2D eigenvalue weighted by atomic mass is 32.2. The lowest BCUT2D eigenvalue weighted by Gasteiger charge is -2.14. The summed E-state index contributed by atoms with van der Waals surface area (Å²) in [5, 5.41) is 10.9. The molecule has 1 aliphatic rings. The Hall–Kier alpha value is -1.82. The van der Waals surface area contributed by atoms with Crippen LogP contribution in [0.5, 0.6) is 0 Å². The fourth-order valence-corrected chi connectivity index (χ4v) is 3.50. The lowest BCUT2D eigenvalue weighted by molar-refractivity contribution is 0.494. The van der Waals surface area contributed by atoms with Crippen molar-refractivity contribution in [2.45, 2.75) is 24.5 Å². The second kappa shape index (κ2) is 4.09. The number of hydrogen-bond donors (Lipinski definition) is 0. The monoisotopic (exact) mass is 272 g/mol. The quantitative estimate of drug-likeness (QED) is 0.627. The van der Waals surface area contributed by atoms with Crippen molar-refractivity contribution in [2.75, 3.05) is 5.75 Å². The first-order chi connectivity index (χ1) is 9.36. The van der Waals surface area contributed by atoms with Gasteiger partial charge in [-0.1, -0.05) is 30.0 Å². The zero-order chi connectivity index (χ0) is 12.8. The van der Waals surface area contributed by atoms with Gasteiger partial charge in [0.25, 0.3) is 5.56 Å². The molecule has 0 aliphatic carbocycles. The van der Waals surface area contributed by atoms with Gasteiger partial charge in [0.2, 0.25) is 5.16 Å². The molecule has 0 N–H and O–H groups in total. The average Bonchev–Trinajstić information content (AvgIpc) is 2.82. The van der Waals surface area contributed by atoms with Gasteiger partial charge in [-0.25, -0.2) is 9.20 Å². The predicted octanol–water partition coefficient (Wildman–Crippen LogP) is 1.93. The van der Waals surface area contributed by atoms with Crippen molar-refractivity contribution in [1.82, 2.24) is 19.4 Å². The molecule has 0 unspecified atom stereocenters. The SMILES string of the molecule is O=c1c2ccccc2c2nnc3n2n1CCCCS3. The summed E-state index contributed by atoms with van der Waals surface area (Å²) in [5.74, 6) is 1.03. The highest BCUT2D eigenvalue weighted by Crippen LogP contribution is 2.23. The molecule has 5 nitrogen and oxygen atoms in total. The molecule has 0 saturated carbocycles. The van der Waals surface area contributed by atoms with Gasteiger partial charge in [0.1, 0.15) is 0 Å². The van der Waals surface area contributed by atoms with Gasteiger partial charge in [0, 0.05) is 17.7 Å². The molecule has 96 valence electrons. The van der Waals surface area contributed by atoms with Crippen molar-refractivity contribution in [3.05, 3.63) is 34.6 Å². The summed E-state index contributed by atoms with van der Waals surface area (Å²) in [6, 6.07) is 7.62. The number of aromatic nitrogens is 4. The number of thioether (sulfide) groups is 1. The lowest BCUT2D eigenvalue weighted by Crippen LogP contribution is -2.27. The second-order valence-corrected chi connectivity index (χ2v) is 5.71. The first-order valence-electron chi connectivity index (χ1n) is 6.36. The normalized spacial score (nSPS) is 15.6. The molecule has 0 bridgehead atoms. The predicted molar refractivity (Wildman–Crippen MR) is 74.7 cm³/mol. The van der Waals surface area contributed by atoms with Gasteiger partial charge in [-0.2, -0.15) is 0 Å². The van der Waals surface area contributed by atoms with Gasteiger partial charge in [-0.3, -0.25) is 4.79 Å². The molecule has 0 fully saturated rings. The van der Waals surface area contributed by atoms with E-state index in [1.54, 1.807) is 16.4 Å². The smallest absolute Gasteiger partial charge is 0.267 e. The minimum atomic E-state index is 0.0478. The van der Waals surface area contributed by atoms with Crippen molar-refractivity contribution < 1.29 is 0 Å². The van der Waals surface area contributed by atoms with Gasteiger partial charge in [0.15, 0.2) is 5.65 Å². The maximum Gasteiger partial charge on any atom is 0.273 e. The van der Waals surface area contributed by atoms with E-state index in [1.807, 2.05) is 28.8 Å². The summed E-state index contributed by atoms with van der Waals surface area (Å²) in [6.07, 6.45) is 2.11. The van der Waals surface area contributed by atoms with Crippen molar-refractivity contribution in [3.63, 3.8) is 0 Å². The van der Waals surface area contributed by atoms with Crippen molar-refractivity contribution in [3.8, 4) is 0 Å². The van der Waals surface area contributed by atoms with E-state index in [4.69, 9.17) is 0 Å². The highest BCUT2D eigenvalue weighted by Gasteiger charge is 2.17. The Morgan fingerprint density at radius 2 is 1.95 bits per heavy atom. The number of rotatable bonds is 0. The summed E-state index contributed by atoms with van der Waals surface area (Å²) in [7, 11) is 0. The molecule has 2 aromatic heterocycles. The molecular formula is C13H12N4OS. The second-order valence-electron chi connectivity index (χ2n) is 4.65. The highest BCUT2D eigenvalue weighted by molar-refractivity contribution is 7.99. The zero-order valence-corrected chi connectivity index (χ0v) is 11.1. The maximum atomic E-state index is 12.6. The van der Waals surface area contributed by atoms with E-state index >= 15 is 0 Å². The fraction of sp³-hybridized carbons (Fsp3) is 0.308. The van der Waals surface area contributed by atoms with Crippen LogP contribution in [0.2, 0.25) is 0 Å². The van der Waals surface area contributed by atoms with E-state index in [1.165, 1.54) is 0 Å². The summed E-state index contributed by atoms with van der Waals surface area (Å²) < 4.78 is 3.66. The van der Waals surface area contributed by atoms with Crippen LogP contribution in [-0.4, -0.2) is 25.1 Å². The number of benzene rings is 1. The molecule has 0 atom stereocenters. The Morgan fingerprint density at radius 1 is 1.11 bits per heavy atom. The number of hydrogen-bond acceptors (Lipinski definition) is 4. The molecule has 1 aromatic carbocycles. The Balaban J connectivity index is 2.25. The Morgan fingerprint density at radius 3 is 2.84 bits per heavy atom. The zero-order valence-electron chi connectivity index (χ0n) is 10.2. The minimum absolute atomic E-state index is 0.0478. The van der Waals surface area contributed by atoms with Crippen molar-refractivity contribution in [1.29, 1.82) is 0 Å². The molecule has 0 saturated heterocycles. The standard InChI is InChI=1S/C13H12N4OS/c18-12-10-6-2-1-5-9(10)11-14-15-13-17(11)16(12)7-3-4-8-19-13/h1-2,5-6H,3-4,7-8H2. The van der Waals surface area contributed by atoms with Gasteiger partial charge in [0.05, 0.1) is 5.39 Å². The van der Waals surface area contributed by atoms with Crippen LogP contribution in [0, 0.1) is 0 Å². The Bertz CT molecular complexity index is 836. The van der Waals surface area contributed by atoms with Crippen LogP contribution in [0.3, 0.4) is 0 Å². The lowest BCUT2D eigenvalue weighted by atomic mass is 10.2. The summed E-state index contributed by atoms with van der Waals surface area (Å²) in [5.41, 5.74) is 0.825. The van der Waals surface area contributed by atoms with E-state index in [9.17, 15) is 4.79 Å². The molecule has 0 amide bonds. The first-order valence-corrected chi connectivity index (χ1v) is 7.34. The maximum absolute atomic E-state index is 12.6. The van der Waals surface area contributed by atoms with Crippen LogP contribution in [0.4, 0.5) is 0 Å². The summed E-state index contributed by atoms with van der Waals surface area (Å²) >= 11 is 1.67. The molecule has 0 spiro atoms. The van der Waals surface area contributed by atoms with Gasteiger partial charge in [-0.05, 0) is 18.9 Å². The molecule has 4 rings (SSSR count). The van der Waals surface area contributed by atoms with Crippen molar-refractivity contribution >= 4 is 28.2 Å². The molecule has 0 radical (unpaired) electrons. The summed E-state index contributed by atoms with van der Waals surface area (Å²) in [4.78, 5) is 12.6. The summed E-state index contributed by atoms with van der Waals surface area (Å²) in [6.45, 7) is 0.728. The molecule has 6 heteroatoms. The van der Waals surface area contributed by atoms with Crippen LogP contribution in [0.15, 0.2) is 34.2 Å². The first kappa shape index (κ1) is 11.0. The van der Waals surface area contributed by atoms with Crippen molar-refractivity contribution in [2.24, 2.45) is 0 Å². The molecular weight excluding hydrogens is 260 g/mol. The number of fused-ring (bicyclic) bond motifs is 2. The topological polar surface area (TPSA) is 52.2 Å². The molecule has 3 aromatic rings. The average molecular weight is 272 g/mol. The largest absolute Gasteiger partial charge is 0.273 e. The van der Waals surface area contributed by atoms with Gasteiger partial charge < -0.3 is 0 Å². The Kier molecular flexibility index (Phi) is 2.38. The van der Waals surface area contributed by atoms with Crippen LogP contribution >= 0.6 is 11.8 Å². The van der Waals surface area contributed by atoms with Crippen LogP contribution in [0.1, 0.15) is 12.8 Å². The van der Waals surface area contributed by atoms with E-state index in [2.05, 4.69) is 10.2 Å². The van der Waals surface area contributed by atoms with Crippen LogP contribution in [-0.2, 0) is 6.54 Å². The minimum Gasteiger partial charge on any atom is -0.267 e. The third-order valence-electron chi connectivity index (χ3n) is 3.48. The molecule has 3 heterocycles. The number of aryl methyl sites for hydroxylation is 1. The van der Waals surface area contributed by atoms with E-state index in [0.717, 1.165) is 46.7 Å². The molecule has 1 aliphatic heterocycles. The van der Waals surface area contributed by atoms with E-state index in [-0.39, 0.29) is 5.56 Å². The number of nitrogens with zero attached hydrogens (tertiary/aromatic N) is 4. The Labute approximate surface area is 113 Å². The van der Waals surface area contributed by atoms with Crippen LogP contribution < -0.4 is 5.56 Å². The van der Waals surface area contributed by atoms with Crippen LogP contribution in [0.25, 0.3) is 16.4 Å². The third-order valence-corrected chi connectivity index (χ3v) is 4.49. The fourth-order valence-electron chi connectivity index (χ4n) is 2.56. The van der Waals surface area contributed by atoms with Gasteiger partial charge >= 0.3 is 0 Å². The third kappa shape index (κ3) is 1.53. The molecule has 19 heavy (non-hydrogen) atoms.